The zero-order chi connectivity index (χ0) is 16.3. The van der Waals surface area contributed by atoms with Gasteiger partial charge in [-0.3, -0.25) is 0 Å². The highest BCUT2D eigenvalue weighted by atomic mass is 19.3. The summed E-state index contributed by atoms with van der Waals surface area (Å²) < 4.78 is 64.9. The van der Waals surface area contributed by atoms with E-state index in [-0.39, 0.29) is 24.0 Å². The van der Waals surface area contributed by atoms with Crippen LogP contribution in [0.4, 0.5) is 17.6 Å². The Kier molecular flexibility index (Phi) is 5.32. The van der Waals surface area contributed by atoms with Gasteiger partial charge in [-0.1, -0.05) is 6.07 Å². The lowest BCUT2D eigenvalue weighted by Crippen LogP contribution is -2.33. The molecule has 1 aliphatic heterocycles. The van der Waals surface area contributed by atoms with E-state index >= 15 is 0 Å². The maximum absolute atomic E-state index is 13.9. The Morgan fingerprint density at radius 3 is 2.59 bits per heavy atom. The maximum Gasteiger partial charge on any atom is 0.281 e. The van der Waals surface area contributed by atoms with Crippen molar-refractivity contribution in [1.82, 2.24) is 0 Å². The molecule has 1 heterocycles. The van der Waals surface area contributed by atoms with Crippen LogP contribution in [0.2, 0.25) is 0 Å². The number of alkyl halides is 2. The summed E-state index contributed by atoms with van der Waals surface area (Å²) in [5.74, 6) is -6.14. The van der Waals surface area contributed by atoms with Crippen LogP contribution in [0.1, 0.15) is 31.7 Å². The molecular weight excluding hydrogens is 300 g/mol. The average molecular weight is 320 g/mol. The normalized spacial score (nSPS) is 22.6. The molecule has 0 aromatic heterocycles. The van der Waals surface area contributed by atoms with Gasteiger partial charge in [0, 0.05) is 13.0 Å². The highest BCUT2D eigenvalue weighted by Crippen LogP contribution is 2.31. The lowest BCUT2D eigenvalue weighted by molar-refractivity contribution is -0.0872. The molecule has 1 saturated heterocycles. The van der Waals surface area contributed by atoms with Crippen molar-refractivity contribution in [2.75, 3.05) is 13.2 Å². The molecule has 0 N–H and O–H groups in total. The third kappa shape index (κ3) is 4.35. The second-order valence-corrected chi connectivity index (χ2v) is 5.94. The summed E-state index contributed by atoms with van der Waals surface area (Å²) in [6.07, 6.45) is 1.14. The molecule has 124 valence electrons. The van der Waals surface area contributed by atoms with Gasteiger partial charge in [0.2, 0.25) is 5.82 Å². The standard InChI is InChI=1S/C16H20F4O2/c1-10-3-6-13(15(18)14(10)17)22-9-16(19,20)7-12-5-4-11(2)21-8-12/h3,6,11-12H,4-5,7-9H2,1-2H3. The van der Waals surface area contributed by atoms with Gasteiger partial charge in [0.15, 0.2) is 18.2 Å². The average Bonchev–Trinajstić information content (AvgIpc) is 2.46. The molecule has 0 aliphatic carbocycles. The fraction of sp³-hybridized carbons (Fsp3) is 0.625. The fourth-order valence-electron chi connectivity index (χ4n) is 2.50. The zero-order valence-corrected chi connectivity index (χ0v) is 12.7. The highest BCUT2D eigenvalue weighted by molar-refractivity contribution is 5.30. The fourth-order valence-corrected chi connectivity index (χ4v) is 2.50. The van der Waals surface area contributed by atoms with Crippen molar-refractivity contribution in [3.05, 3.63) is 29.3 Å². The topological polar surface area (TPSA) is 18.5 Å². The Bertz CT molecular complexity index is 511. The monoisotopic (exact) mass is 320 g/mol. The molecule has 0 amide bonds. The first-order valence-corrected chi connectivity index (χ1v) is 7.35. The summed E-state index contributed by atoms with van der Waals surface area (Å²) in [5.41, 5.74) is 0.102. The smallest absolute Gasteiger partial charge is 0.281 e. The largest absolute Gasteiger partial charge is 0.484 e. The first-order valence-electron chi connectivity index (χ1n) is 7.35. The molecule has 1 aliphatic rings. The molecule has 0 saturated carbocycles. The molecule has 2 unspecified atom stereocenters. The van der Waals surface area contributed by atoms with Crippen molar-refractivity contribution in [3.8, 4) is 5.75 Å². The van der Waals surface area contributed by atoms with Gasteiger partial charge in [-0.15, -0.1) is 0 Å². The lowest BCUT2D eigenvalue weighted by atomic mass is 9.93. The molecular formula is C16H20F4O2. The summed E-state index contributed by atoms with van der Waals surface area (Å²) in [7, 11) is 0. The van der Waals surface area contributed by atoms with Crippen LogP contribution < -0.4 is 4.74 Å². The molecule has 2 rings (SSSR count). The predicted octanol–water partition coefficient (Wildman–Crippen LogP) is 4.49. The van der Waals surface area contributed by atoms with Crippen molar-refractivity contribution >= 4 is 0 Å². The van der Waals surface area contributed by atoms with E-state index in [4.69, 9.17) is 9.47 Å². The molecule has 0 radical (unpaired) electrons. The third-order valence-corrected chi connectivity index (χ3v) is 3.86. The van der Waals surface area contributed by atoms with Crippen LogP contribution in [-0.2, 0) is 4.74 Å². The number of rotatable bonds is 5. The van der Waals surface area contributed by atoms with Gasteiger partial charge in [0.25, 0.3) is 5.92 Å². The third-order valence-electron chi connectivity index (χ3n) is 3.86. The van der Waals surface area contributed by atoms with Crippen molar-refractivity contribution in [3.63, 3.8) is 0 Å². The number of hydrogen-bond acceptors (Lipinski definition) is 2. The summed E-state index contributed by atoms with van der Waals surface area (Å²) in [6, 6.07) is 2.46. The van der Waals surface area contributed by atoms with E-state index in [0.29, 0.717) is 13.0 Å². The van der Waals surface area contributed by atoms with Crippen LogP contribution in [0.15, 0.2) is 12.1 Å². The van der Waals surface area contributed by atoms with E-state index in [0.717, 1.165) is 12.5 Å². The molecule has 2 atom stereocenters. The first kappa shape index (κ1) is 17.1. The number of ether oxygens (including phenoxy) is 2. The SMILES string of the molecule is Cc1ccc(OCC(F)(F)CC2CCC(C)OC2)c(F)c1F. The maximum atomic E-state index is 13.9. The van der Waals surface area contributed by atoms with E-state index in [9.17, 15) is 17.6 Å². The van der Waals surface area contributed by atoms with Gasteiger partial charge in [-0.2, -0.15) is 4.39 Å². The van der Waals surface area contributed by atoms with Crippen molar-refractivity contribution in [2.24, 2.45) is 5.92 Å². The molecule has 1 aromatic rings. The molecule has 1 fully saturated rings. The Morgan fingerprint density at radius 2 is 1.95 bits per heavy atom. The predicted molar refractivity (Wildman–Crippen MR) is 74.3 cm³/mol. The van der Waals surface area contributed by atoms with E-state index < -0.39 is 29.9 Å². The molecule has 6 heteroatoms. The minimum Gasteiger partial charge on any atom is -0.484 e. The van der Waals surface area contributed by atoms with Crippen LogP contribution in [0, 0.1) is 24.5 Å². The van der Waals surface area contributed by atoms with Crippen molar-refractivity contribution < 1.29 is 27.0 Å². The second-order valence-electron chi connectivity index (χ2n) is 5.94. The van der Waals surface area contributed by atoms with Crippen molar-refractivity contribution in [1.29, 1.82) is 0 Å². The van der Waals surface area contributed by atoms with E-state index in [2.05, 4.69) is 0 Å². The van der Waals surface area contributed by atoms with Crippen LogP contribution in [-0.4, -0.2) is 25.2 Å². The Labute approximate surface area is 127 Å². The molecule has 22 heavy (non-hydrogen) atoms. The van der Waals surface area contributed by atoms with Gasteiger partial charge in [0.05, 0.1) is 6.10 Å². The summed E-state index contributed by atoms with van der Waals surface area (Å²) in [6.45, 7) is 2.62. The van der Waals surface area contributed by atoms with E-state index in [1.54, 1.807) is 0 Å². The number of halogens is 4. The van der Waals surface area contributed by atoms with Crippen LogP contribution in [0.5, 0.6) is 5.75 Å². The Morgan fingerprint density at radius 1 is 1.23 bits per heavy atom. The second kappa shape index (κ2) is 6.86. The van der Waals surface area contributed by atoms with Gasteiger partial charge in [-0.05, 0) is 44.2 Å². The van der Waals surface area contributed by atoms with Gasteiger partial charge in [0.1, 0.15) is 0 Å². The van der Waals surface area contributed by atoms with E-state index in [1.165, 1.54) is 13.0 Å². The van der Waals surface area contributed by atoms with Gasteiger partial charge in [-0.25, -0.2) is 13.2 Å². The minimum absolute atomic E-state index is 0.102. The minimum atomic E-state index is -3.11. The van der Waals surface area contributed by atoms with Crippen LogP contribution >= 0.6 is 0 Å². The highest BCUT2D eigenvalue weighted by Gasteiger charge is 2.35. The lowest BCUT2D eigenvalue weighted by Gasteiger charge is -2.29. The molecule has 1 aromatic carbocycles. The molecule has 2 nitrogen and oxygen atoms in total. The number of benzene rings is 1. The van der Waals surface area contributed by atoms with E-state index in [1.807, 2.05) is 6.92 Å². The quantitative estimate of drug-likeness (QED) is 0.744. The van der Waals surface area contributed by atoms with Crippen molar-refractivity contribution in [2.45, 2.75) is 45.1 Å². The Hall–Kier alpha value is -1.30. The molecule has 0 spiro atoms. The number of hydrogen-bond donors (Lipinski definition) is 0. The summed E-state index contributed by atoms with van der Waals surface area (Å²) >= 11 is 0. The summed E-state index contributed by atoms with van der Waals surface area (Å²) in [5, 5.41) is 0. The number of aryl methyl sites for hydroxylation is 1. The van der Waals surface area contributed by atoms with Gasteiger partial charge >= 0.3 is 0 Å². The summed E-state index contributed by atoms with van der Waals surface area (Å²) in [4.78, 5) is 0. The Balaban J connectivity index is 1.91. The van der Waals surface area contributed by atoms with Crippen LogP contribution in [0.3, 0.4) is 0 Å². The first-order chi connectivity index (χ1) is 10.3. The molecule has 0 bridgehead atoms. The van der Waals surface area contributed by atoms with Crippen LogP contribution in [0.25, 0.3) is 0 Å². The van der Waals surface area contributed by atoms with Gasteiger partial charge < -0.3 is 9.47 Å². The zero-order valence-electron chi connectivity index (χ0n) is 12.7.